The lowest BCUT2D eigenvalue weighted by molar-refractivity contribution is -0.137. The Kier molecular flexibility index (Phi) is 7.69. The fourth-order valence-corrected chi connectivity index (χ4v) is 5.92. The fraction of sp³-hybridized carbons (Fsp3) is 0.429. The van der Waals surface area contributed by atoms with Gasteiger partial charge in [0.2, 0.25) is 0 Å². The summed E-state index contributed by atoms with van der Waals surface area (Å²) in [6, 6.07) is 10.8. The second-order valence-electron chi connectivity index (χ2n) is 9.65. The minimum absolute atomic E-state index is 0.238. The first-order valence-corrected chi connectivity index (χ1v) is 13.1. The number of nitrogen functional groups attached to an aromatic ring is 1. The Balaban J connectivity index is 1.55. The van der Waals surface area contributed by atoms with Crippen molar-refractivity contribution in [3.8, 4) is 21.0 Å². The van der Waals surface area contributed by atoms with Gasteiger partial charge in [0, 0.05) is 37.0 Å². The van der Waals surface area contributed by atoms with Crippen LogP contribution in [0.4, 0.5) is 5.69 Å². The van der Waals surface area contributed by atoms with E-state index in [1.165, 1.54) is 32.7 Å². The van der Waals surface area contributed by atoms with E-state index < -0.39 is 5.97 Å². The Morgan fingerprint density at radius 3 is 2.79 bits per heavy atom. The average molecular weight is 478 g/mol. The number of hydrogen-bond donors (Lipinski definition) is 2. The van der Waals surface area contributed by atoms with Crippen LogP contribution in [-0.4, -0.2) is 34.0 Å². The van der Waals surface area contributed by atoms with Gasteiger partial charge in [0.25, 0.3) is 0 Å². The Morgan fingerprint density at radius 2 is 2.09 bits per heavy atom. The quantitative estimate of drug-likeness (QED) is 0.367. The van der Waals surface area contributed by atoms with Crippen molar-refractivity contribution < 1.29 is 9.90 Å². The summed E-state index contributed by atoms with van der Waals surface area (Å²) in [6.45, 7) is 9.38. The summed E-state index contributed by atoms with van der Waals surface area (Å²) < 4.78 is 0. The van der Waals surface area contributed by atoms with Crippen LogP contribution in [0.1, 0.15) is 55.9 Å². The number of hydrogen-bond acceptors (Lipinski definition) is 5. The van der Waals surface area contributed by atoms with Gasteiger partial charge < -0.3 is 10.8 Å². The molecule has 0 unspecified atom stereocenters. The first kappa shape index (κ1) is 24.4. The minimum atomic E-state index is -0.714. The van der Waals surface area contributed by atoms with Gasteiger partial charge in [-0.05, 0) is 72.0 Å². The Bertz CT molecular complexity index is 1170. The van der Waals surface area contributed by atoms with Gasteiger partial charge in [-0.15, -0.1) is 11.3 Å². The van der Waals surface area contributed by atoms with Crippen LogP contribution in [0.25, 0.3) is 21.0 Å². The molecule has 0 atom stereocenters. The molecule has 3 aromatic rings. The predicted molar refractivity (Wildman–Crippen MR) is 141 cm³/mol. The number of carboxylic acid groups (broad SMARTS) is 1. The summed E-state index contributed by atoms with van der Waals surface area (Å²) in [7, 11) is 0. The van der Waals surface area contributed by atoms with E-state index in [0.717, 1.165) is 55.2 Å². The average Bonchev–Trinajstić information content (AvgIpc) is 3.29. The topological polar surface area (TPSA) is 79.5 Å². The number of aromatic nitrogens is 1. The van der Waals surface area contributed by atoms with Crippen molar-refractivity contribution in [3.63, 3.8) is 0 Å². The molecule has 0 saturated carbocycles. The van der Waals surface area contributed by atoms with Crippen LogP contribution >= 0.6 is 11.3 Å². The highest BCUT2D eigenvalue weighted by atomic mass is 32.1. The maximum Gasteiger partial charge on any atom is 0.303 e. The molecule has 34 heavy (non-hydrogen) atoms. The first-order valence-electron chi connectivity index (χ1n) is 12.3. The number of nitrogens with two attached hydrogens (primary N) is 1. The van der Waals surface area contributed by atoms with E-state index in [9.17, 15) is 4.79 Å². The molecule has 6 heteroatoms. The molecule has 3 N–H and O–H groups in total. The van der Waals surface area contributed by atoms with E-state index in [1.54, 1.807) is 11.3 Å². The Hall–Kier alpha value is -2.70. The van der Waals surface area contributed by atoms with Crippen LogP contribution < -0.4 is 5.73 Å². The molecule has 0 saturated heterocycles. The number of rotatable bonds is 9. The standard InChI is InChI=1S/C28H35N3O2S/c1-4-22-23-11-13-31(12-5-6-27(32)33)17-21(23)9-10-24(22)26-16-30-28(34-26)20-8-7-19(14-18(2)3)25(29)15-20/h7-10,15-16,18H,4-6,11-14,17,29H2,1-3H3,(H,32,33). The number of thiazole rings is 1. The third-order valence-electron chi connectivity index (χ3n) is 6.61. The second kappa shape index (κ2) is 10.7. The SMILES string of the molecule is CCc1c(-c2cnc(-c3ccc(CC(C)C)c(N)c3)s2)ccc2c1CCN(CCCC(=O)O)C2. The summed E-state index contributed by atoms with van der Waals surface area (Å²) >= 11 is 1.73. The maximum atomic E-state index is 10.8. The highest BCUT2D eigenvalue weighted by Crippen LogP contribution is 2.38. The maximum absolute atomic E-state index is 10.8. The largest absolute Gasteiger partial charge is 0.481 e. The monoisotopic (exact) mass is 477 g/mol. The van der Waals surface area contributed by atoms with Crippen LogP contribution in [0.15, 0.2) is 36.5 Å². The van der Waals surface area contributed by atoms with E-state index in [0.29, 0.717) is 12.3 Å². The van der Waals surface area contributed by atoms with Crippen molar-refractivity contribution in [1.82, 2.24) is 9.88 Å². The van der Waals surface area contributed by atoms with Crippen LogP contribution in [0.3, 0.4) is 0 Å². The number of anilines is 1. The molecule has 0 aliphatic carbocycles. The lowest BCUT2D eigenvalue weighted by Crippen LogP contribution is -2.32. The Morgan fingerprint density at radius 1 is 1.26 bits per heavy atom. The van der Waals surface area contributed by atoms with Crippen molar-refractivity contribution in [1.29, 1.82) is 0 Å². The molecule has 1 aliphatic rings. The van der Waals surface area contributed by atoms with Gasteiger partial charge in [0.15, 0.2) is 0 Å². The molecule has 1 aliphatic heterocycles. The van der Waals surface area contributed by atoms with Crippen LogP contribution in [0, 0.1) is 5.92 Å². The first-order chi connectivity index (χ1) is 16.4. The van der Waals surface area contributed by atoms with E-state index in [1.807, 2.05) is 6.20 Å². The summed E-state index contributed by atoms with van der Waals surface area (Å²) in [4.78, 5) is 19.2. The summed E-state index contributed by atoms with van der Waals surface area (Å²) in [5, 5.41) is 9.91. The van der Waals surface area contributed by atoms with Gasteiger partial charge in [0.05, 0.1) is 4.88 Å². The molecule has 4 rings (SSSR count). The number of aliphatic carboxylic acids is 1. The summed E-state index contributed by atoms with van der Waals surface area (Å²) in [5.74, 6) is -0.138. The number of nitrogens with zero attached hydrogens (tertiary/aromatic N) is 2. The molecule has 0 fully saturated rings. The van der Waals surface area contributed by atoms with Gasteiger partial charge in [-0.3, -0.25) is 9.69 Å². The van der Waals surface area contributed by atoms with Crippen LogP contribution in [0.5, 0.6) is 0 Å². The van der Waals surface area contributed by atoms with E-state index in [4.69, 9.17) is 15.8 Å². The van der Waals surface area contributed by atoms with Crippen molar-refractivity contribution >= 4 is 23.0 Å². The zero-order chi connectivity index (χ0) is 24.2. The molecule has 0 amide bonds. The molecule has 0 bridgehead atoms. The normalized spacial score (nSPS) is 13.9. The molecule has 1 aromatic heterocycles. The van der Waals surface area contributed by atoms with Gasteiger partial charge >= 0.3 is 5.97 Å². The van der Waals surface area contributed by atoms with E-state index >= 15 is 0 Å². The van der Waals surface area contributed by atoms with Crippen LogP contribution in [0.2, 0.25) is 0 Å². The Labute approximate surface area is 206 Å². The van der Waals surface area contributed by atoms with Gasteiger partial charge in [-0.1, -0.05) is 45.0 Å². The molecule has 180 valence electrons. The van der Waals surface area contributed by atoms with Crippen molar-refractivity contribution in [2.45, 2.75) is 59.4 Å². The highest BCUT2D eigenvalue weighted by molar-refractivity contribution is 7.18. The lowest BCUT2D eigenvalue weighted by atomic mass is 9.89. The molecular formula is C28H35N3O2S. The number of carboxylic acids is 1. The molecule has 2 heterocycles. The van der Waals surface area contributed by atoms with E-state index in [-0.39, 0.29) is 6.42 Å². The predicted octanol–water partition coefficient (Wildman–Crippen LogP) is 6.04. The van der Waals surface area contributed by atoms with Gasteiger partial charge in [-0.2, -0.15) is 0 Å². The third-order valence-corrected chi connectivity index (χ3v) is 7.69. The van der Waals surface area contributed by atoms with E-state index in [2.05, 4.69) is 56.0 Å². The van der Waals surface area contributed by atoms with Crippen molar-refractivity contribution in [3.05, 3.63) is 58.8 Å². The third kappa shape index (κ3) is 5.50. The van der Waals surface area contributed by atoms with Gasteiger partial charge in [-0.25, -0.2) is 4.98 Å². The number of fused-ring (bicyclic) bond motifs is 1. The number of carbonyl (C=O) groups is 1. The second-order valence-corrected chi connectivity index (χ2v) is 10.7. The number of benzene rings is 2. The van der Waals surface area contributed by atoms with Crippen molar-refractivity contribution in [2.24, 2.45) is 5.92 Å². The fourth-order valence-electron chi connectivity index (χ4n) is 4.96. The molecular weight excluding hydrogens is 442 g/mol. The minimum Gasteiger partial charge on any atom is -0.481 e. The smallest absolute Gasteiger partial charge is 0.303 e. The van der Waals surface area contributed by atoms with Gasteiger partial charge in [0.1, 0.15) is 5.01 Å². The molecule has 0 spiro atoms. The zero-order valence-corrected chi connectivity index (χ0v) is 21.3. The molecule has 0 radical (unpaired) electrons. The van der Waals surface area contributed by atoms with Crippen LogP contribution in [-0.2, 0) is 30.6 Å². The molecule has 5 nitrogen and oxygen atoms in total. The van der Waals surface area contributed by atoms with Crippen molar-refractivity contribution in [2.75, 3.05) is 18.8 Å². The molecule has 2 aromatic carbocycles. The summed E-state index contributed by atoms with van der Waals surface area (Å²) in [6.07, 6.45) is 5.93. The highest BCUT2D eigenvalue weighted by Gasteiger charge is 2.21. The zero-order valence-electron chi connectivity index (χ0n) is 20.4. The lowest BCUT2D eigenvalue weighted by Gasteiger charge is -2.30. The summed E-state index contributed by atoms with van der Waals surface area (Å²) in [5.41, 5.74) is 15.0.